The summed E-state index contributed by atoms with van der Waals surface area (Å²) in [6.45, 7) is 10.0. The Morgan fingerprint density at radius 2 is 1.53 bits per heavy atom. The molecule has 1 unspecified atom stereocenters. The lowest BCUT2D eigenvalue weighted by Crippen LogP contribution is -2.57. The number of likely N-dealkylation sites (tertiary alicyclic amines) is 1. The first-order valence-corrected chi connectivity index (χ1v) is 27.9. The van der Waals surface area contributed by atoms with E-state index in [1.54, 1.807) is 60.9 Å². The summed E-state index contributed by atoms with van der Waals surface area (Å²) in [6, 6.07) is 16.2. The van der Waals surface area contributed by atoms with Crippen LogP contribution in [0.3, 0.4) is 0 Å². The van der Waals surface area contributed by atoms with Gasteiger partial charge < -0.3 is 36.4 Å². The number of carbonyl (C=O) groups is 4. The van der Waals surface area contributed by atoms with E-state index in [-0.39, 0.29) is 54.4 Å². The van der Waals surface area contributed by atoms with Gasteiger partial charge in [0.25, 0.3) is 5.91 Å². The molecule has 73 heavy (non-hydrogen) atoms. The van der Waals surface area contributed by atoms with Crippen molar-refractivity contribution in [3.8, 4) is 27.6 Å². The maximum absolute atomic E-state index is 14.0. The number of nitrogens with zero attached hydrogens (tertiary/aromatic N) is 4. The van der Waals surface area contributed by atoms with Gasteiger partial charge in [-0.2, -0.15) is 5.10 Å². The molecule has 6 rings (SSSR count). The molecule has 0 bridgehead atoms. The molecule has 1 aliphatic heterocycles. The number of carbonyl (C=O) groups excluding carboxylic acids is 4. The molecule has 0 radical (unpaired) electrons. The number of hydrogen-bond acceptors (Lipinski definition) is 13. The molecular weight excluding hydrogens is 969 g/mol. The predicted octanol–water partition coefficient (Wildman–Crippen LogP) is 8.38. The van der Waals surface area contributed by atoms with Crippen LogP contribution in [0.15, 0.2) is 72.4 Å². The number of rotatable bonds is 28. The molecule has 18 nitrogen and oxygen atoms in total. The Morgan fingerprint density at radius 3 is 2.15 bits per heavy atom. The number of aliphatic hydroxyl groups is 1. The van der Waals surface area contributed by atoms with Gasteiger partial charge in [-0.25, -0.2) is 18.4 Å². The second-order valence-electron chi connectivity index (χ2n) is 19.7. The topological polar surface area (TPSA) is 264 Å². The molecule has 0 saturated carbocycles. The maximum Gasteiger partial charge on any atom is 0.254 e. The summed E-state index contributed by atoms with van der Waals surface area (Å²) in [5.41, 5.74) is 12.0. The van der Waals surface area contributed by atoms with E-state index in [0.29, 0.717) is 41.5 Å². The number of β-amino-alcohol motifs (C(OH)–C–C–N with tert-alkyl or cyclic N) is 1. The molecule has 20 heteroatoms. The minimum Gasteiger partial charge on any atom is -0.478 e. The lowest BCUT2D eigenvalue weighted by molar-refractivity contribution is -0.144. The van der Waals surface area contributed by atoms with Crippen LogP contribution in [0.2, 0.25) is 0 Å². The number of aromatic amines is 1. The fraction of sp³-hybridized carbons (Fsp3) is 0.491. The maximum atomic E-state index is 14.0. The fourth-order valence-electron chi connectivity index (χ4n) is 8.71. The zero-order valence-electron chi connectivity index (χ0n) is 42.7. The molecular formula is C53H72N10O8S2. The highest BCUT2D eigenvalue weighted by Gasteiger charge is 2.44. The smallest absolute Gasteiger partial charge is 0.254 e. The summed E-state index contributed by atoms with van der Waals surface area (Å²) in [7, 11) is -3.43. The van der Waals surface area contributed by atoms with E-state index in [4.69, 9.17) is 10.5 Å². The number of H-pyrrole nitrogens is 1. The number of ether oxygens (including phenoxy) is 1. The number of benzene rings is 2. The highest BCUT2D eigenvalue weighted by atomic mass is 32.2. The number of primary amides is 1. The molecule has 4 heterocycles. The molecule has 4 amide bonds. The van der Waals surface area contributed by atoms with Crippen molar-refractivity contribution >= 4 is 62.2 Å². The van der Waals surface area contributed by atoms with Gasteiger partial charge in [-0.3, -0.25) is 29.0 Å². The number of aliphatic hydroxyl groups excluding tert-OH is 1. The predicted molar refractivity (Wildman–Crippen MR) is 286 cm³/mol. The van der Waals surface area contributed by atoms with Crippen molar-refractivity contribution < 1.29 is 37.4 Å². The van der Waals surface area contributed by atoms with Gasteiger partial charge in [-0.1, -0.05) is 115 Å². The Bertz CT molecular complexity index is 2720. The summed E-state index contributed by atoms with van der Waals surface area (Å²) >= 11 is 1.58. The van der Waals surface area contributed by atoms with Crippen molar-refractivity contribution in [2.75, 3.05) is 28.9 Å². The minimum atomic E-state index is -3.43. The summed E-state index contributed by atoms with van der Waals surface area (Å²) in [6.07, 6.45) is 12.6. The van der Waals surface area contributed by atoms with E-state index in [9.17, 15) is 32.7 Å². The first kappa shape index (κ1) is 55.9. The number of anilines is 3. The van der Waals surface area contributed by atoms with Crippen molar-refractivity contribution in [1.82, 2.24) is 35.7 Å². The molecule has 8 N–H and O–H groups in total. The van der Waals surface area contributed by atoms with Gasteiger partial charge in [-0.15, -0.1) is 11.3 Å². The summed E-state index contributed by atoms with van der Waals surface area (Å²) in [5, 5.41) is 26.8. The average molecular weight is 1040 g/mol. The van der Waals surface area contributed by atoms with Crippen LogP contribution in [0.1, 0.15) is 133 Å². The van der Waals surface area contributed by atoms with Crippen LogP contribution in [0.25, 0.3) is 21.7 Å². The monoisotopic (exact) mass is 1040 g/mol. The number of nitrogens with two attached hydrogens (primary N) is 1. The zero-order valence-corrected chi connectivity index (χ0v) is 44.3. The molecule has 1 aliphatic rings. The van der Waals surface area contributed by atoms with Crippen molar-refractivity contribution in [2.24, 2.45) is 11.1 Å². The highest BCUT2D eigenvalue weighted by Crippen LogP contribution is 2.32. The van der Waals surface area contributed by atoms with Crippen LogP contribution in [0.4, 0.5) is 17.2 Å². The van der Waals surface area contributed by atoms with Gasteiger partial charge >= 0.3 is 0 Å². The Morgan fingerprint density at radius 1 is 0.890 bits per heavy atom. The fourth-order valence-corrected chi connectivity index (χ4v) is 10.2. The number of thiazole rings is 1. The lowest BCUT2D eigenvalue weighted by atomic mass is 9.85. The van der Waals surface area contributed by atoms with Crippen molar-refractivity contribution in [3.05, 3.63) is 89.2 Å². The van der Waals surface area contributed by atoms with E-state index >= 15 is 0 Å². The first-order valence-electron chi connectivity index (χ1n) is 25.3. The Hall–Kier alpha value is -6.38. The normalized spacial score (nSPS) is 15.2. The van der Waals surface area contributed by atoms with Gasteiger partial charge in [0.05, 0.1) is 40.2 Å². The number of aromatic nitrogens is 4. The largest absolute Gasteiger partial charge is 0.478 e. The molecule has 1 fully saturated rings. The number of pyridine rings is 1. The third-order valence-electron chi connectivity index (χ3n) is 12.8. The van der Waals surface area contributed by atoms with Gasteiger partial charge in [-0.05, 0) is 61.4 Å². The second-order valence-corrected chi connectivity index (χ2v) is 22.6. The van der Waals surface area contributed by atoms with Crippen LogP contribution in [0.5, 0.6) is 5.88 Å². The van der Waals surface area contributed by atoms with E-state index in [0.717, 1.165) is 92.3 Å². The van der Waals surface area contributed by atoms with E-state index in [1.807, 2.05) is 57.5 Å². The highest BCUT2D eigenvalue weighted by molar-refractivity contribution is 7.92. The van der Waals surface area contributed by atoms with Crippen molar-refractivity contribution in [1.29, 1.82) is 0 Å². The van der Waals surface area contributed by atoms with Crippen molar-refractivity contribution in [3.63, 3.8) is 0 Å². The SMILES string of the molecule is CCS(=O)(=O)Nc1ccc(-c2[nH]nc(Nc3ccnc(OCCCCCCCCCCCCCC(=O)NC(C(=O)N4C[C@H](O)C[C@H]4C(=O)NCc4ccc(-c5scnc5C)cc4)C(C)(C)C)c3)c2C(N)=O)cc1. The number of hydrogen-bond donors (Lipinski definition) is 7. The number of amides is 4. The Balaban J connectivity index is 0.817. The Kier molecular flexibility index (Phi) is 20.3. The lowest BCUT2D eigenvalue weighted by Gasteiger charge is -2.35. The summed E-state index contributed by atoms with van der Waals surface area (Å²) in [5.74, 6) is -0.970. The van der Waals surface area contributed by atoms with Crippen LogP contribution in [-0.4, -0.2) is 99.3 Å². The summed E-state index contributed by atoms with van der Waals surface area (Å²) < 4.78 is 32.3. The van der Waals surface area contributed by atoms with Crippen LogP contribution in [0, 0.1) is 12.3 Å². The molecule has 0 spiro atoms. The molecule has 5 aromatic rings. The number of aryl methyl sites for hydroxylation is 1. The van der Waals surface area contributed by atoms with Gasteiger partial charge in [0.1, 0.15) is 17.6 Å². The van der Waals surface area contributed by atoms with Crippen LogP contribution < -0.4 is 31.1 Å². The van der Waals surface area contributed by atoms with Gasteiger partial charge in [0.15, 0.2) is 5.82 Å². The molecule has 3 atom stereocenters. The standard InChI is InChI=1S/C53H72N10O8S2/c1-6-73(69,70)62-39-25-23-37(24-26-39)46-45(49(54)66)50(61-60-46)58-40-27-28-55-44(30-40)71-29-17-15-13-11-9-7-8-10-12-14-16-18-43(65)59-48(53(3,4)5)52(68)63-33-41(64)31-42(63)51(67)56-32-36-19-21-38(22-20-36)47-35(2)57-34-72-47/h19-28,30,34,41-42,48,62,64H,6-18,29,31-33H2,1-5H3,(H2,54,66)(H,56,67)(H,59,65)(H2,55,58,60,61)/t41-,42+,48?/m1/s1. The van der Waals surface area contributed by atoms with Gasteiger partial charge in [0, 0.05) is 55.1 Å². The van der Waals surface area contributed by atoms with E-state index in [2.05, 4.69) is 40.8 Å². The minimum absolute atomic E-state index is 0.0305. The number of sulfonamides is 1. The quantitative estimate of drug-likeness (QED) is 0.0233. The second kappa shape index (κ2) is 26.5. The van der Waals surface area contributed by atoms with Crippen LogP contribution >= 0.6 is 11.3 Å². The Labute approximate surface area is 433 Å². The van der Waals surface area contributed by atoms with Crippen molar-refractivity contribution in [2.45, 2.75) is 143 Å². The molecule has 2 aromatic carbocycles. The molecule has 394 valence electrons. The van der Waals surface area contributed by atoms with E-state index in [1.165, 1.54) is 4.90 Å². The van der Waals surface area contributed by atoms with E-state index < -0.39 is 39.5 Å². The molecule has 1 saturated heterocycles. The zero-order chi connectivity index (χ0) is 52.5. The summed E-state index contributed by atoms with van der Waals surface area (Å²) in [4.78, 5) is 64.3. The first-order chi connectivity index (χ1) is 34.9. The number of nitrogens with one attached hydrogen (secondary N) is 5. The molecule has 3 aromatic heterocycles. The number of unbranched alkanes of at least 4 members (excludes halogenated alkanes) is 10. The third kappa shape index (κ3) is 16.6. The molecule has 0 aliphatic carbocycles. The average Bonchev–Trinajstić information content (AvgIpc) is 4.10. The van der Waals surface area contributed by atoms with Gasteiger partial charge in [0.2, 0.25) is 33.6 Å². The van der Waals surface area contributed by atoms with Crippen LogP contribution in [-0.2, 0) is 31.0 Å². The third-order valence-corrected chi connectivity index (χ3v) is 15.1.